The predicted molar refractivity (Wildman–Crippen MR) is 98.6 cm³/mol. The van der Waals surface area contributed by atoms with E-state index in [0.717, 1.165) is 24.1 Å². The van der Waals surface area contributed by atoms with E-state index in [4.69, 9.17) is 4.74 Å². The van der Waals surface area contributed by atoms with Crippen molar-refractivity contribution < 1.29 is 9.53 Å². The Bertz CT molecular complexity index is 831. The monoisotopic (exact) mass is 406 g/mol. The van der Waals surface area contributed by atoms with E-state index in [1.807, 2.05) is 24.3 Å². The first-order chi connectivity index (χ1) is 12.0. The highest BCUT2D eigenvalue weighted by Gasteiger charge is 2.23. The second-order valence-electron chi connectivity index (χ2n) is 5.85. The van der Waals surface area contributed by atoms with Gasteiger partial charge in [0.1, 0.15) is 10.6 Å². The molecule has 0 spiro atoms. The summed E-state index contributed by atoms with van der Waals surface area (Å²) in [5.74, 6) is -0.110. The normalized spacial score (nSPS) is 16.6. The van der Waals surface area contributed by atoms with Gasteiger partial charge in [0.25, 0.3) is 11.5 Å². The molecular weight excluding hydrogens is 388 g/mol. The number of aryl methyl sites for hydroxylation is 1. The van der Waals surface area contributed by atoms with Crippen LogP contribution < -0.4 is 16.2 Å². The third-order valence-corrected chi connectivity index (χ3v) is 4.74. The first kappa shape index (κ1) is 17.6. The summed E-state index contributed by atoms with van der Waals surface area (Å²) in [6, 6.07) is 7.55. The molecule has 1 aromatic heterocycles. The lowest BCUT2D eigenvalue weighted by molar-refractivity contribution is -0.124. The number of carbonyl (C=O) groups excluding carboxylic acids is 1. The number of anilines is 2. The molecule has 1 fully saturated rings. The van der Waals surface area contributed by atoms with E-state index < -0.39 is 0 Å². The summed E-state index contributed by atoms with van der Waals surface area (Å²) in [6.45, 7) is 1.14. The van der Waals surface area contributed by atoms with Crippen LogP contribution in [0.2, 0.25) is 0 Å². The van der Waals surface area contributed by atoms with E-state index >= 15 is 0 Å². The van der Waals surface area contributed by atoms with Gasteiger partial charge in [0.2, 0.25) is 0 Å². The quantitative estimate of drug-likeness (QED) is 0.795. The number of halogens is 1. The Kier molecular flexibility index (Phi) is 5.50. The van der Waals surface area contributed by atoms with E-state index in [1.165, 1.54) is 4.68 Å². The Morgan fingerprint density at radius 1 is 1.48 bits per heavy atom. The smallest absolute Gasteiger partial charge is 0.282 e. The van der Waals surface area contributed by atoms with Crippen LogP contribution in [0.5, 0.6) is 0 Å². The molecule has 0 aliphatic carbocycles. The van der Waals surface area contributed by atoms with Crippen molar-refractivity contribution in [2.24, 2.45) is 7.05 Å². The molecule has 0 saturated carbocycles. The van der Waals surface area contributed by atoms with Gasteiger partial charge in [0.05, 0.1) is 11.9 Å². The van der Waals surface area contributed by atoms with Crippen LogP contribution in [0, 0.1) is 0 Å². The van der Waals surface area contributed by atoms with Crippen molar-refractivity contribution in [3.8, 4) is 0 Å². The molecule has 2 N–H and O–H groups in total. The molecule has 132 valence electrons. The molecule has 0 bridgehead atoms. The molecule has 1 aromatic carbocycles. The topological polar surface area (TPSA) is 85.2 Å². The van der Waals surface area contributed by atoms with Crippen molar-refractivity contribution in [3.05, 3.63) is 50.9 Å². The van der Waals surface area contributed by atoms with Gasteiger partial charge in [0.15, 0.2) is 0 Å². The maximum absolute atomic E-state index is 12.1. The highest BCUT2D eigenvalue weighted by Crippen LogP contribution is 2.19. The molecule has 1 aliphatic heterocycles. The van der Waals surface area contributed by atoms with E-state index in [0.29, 0.717) is 23.3 Å². The van der Waals surface area contributed by atoms with E-state index in [2.05, 4.69) is 31.7 Å². The number of aromatic nitrogens is 2. The zero-order valence-corrected chi connectivity index (χ0v) is 15.4. The number of nitrogens with one attached hydrogen (secondary N) is 2. The number of nitrogens with zero attached hydrogens (tertiary/aromatic N) is 2. The van der Waals surface area contributed by atoms with Crippen LogP contribution >= 0.6 is 15.9 Å². The van der Waals surface area contributed by atoms with Crippen molar-refractivity contribution in [1.29, 1.82) is 0 Å². The van der Waals surface area contributed by atoms with Gasteiger partial charge in [-0.3, -0.25) is 9.59 Å². The van der Waals surface area contributed by atoms with E-state index in [9.17, 15) is 9.59 Å². The molecule has 1 unspecified atom stereocenters. The van der Waals surface area contributed by atoms with Gasteiger partial charge in [0, 0.05) is 25.9 Å². The maximum atomic E-state index is 12.1. The fourth-order valence-corrected chi connectivity index (χ4v) is 3.10. The van der Waals surface area contributed by atoms with Gasteiger partial charge >= 0.3 is 0 Å². The van der Waals surface area contributed by atoms with Gasteiger partial charge in [-0.15, -0.1) is 0 Å². The van der Waals surface area contributed by atoms with Crippen molar-refractivity contribution in [2.75, 3.05) is 17.2 Å². The Hall–Kier alpha value is -2.19. The van der Waals surface area contributed by atoms with Crippen LogP contribution in [-0.4, -0.2) is 28.4 Å². The lowest BCUT2D eigenvalue weighted by atomic mass is 10.2. The third-order valence-electron chi connectivity index (χ3n) is 3.98. The summed E-state index contributed by atoms with van der Waals surface area (Å²) >= 11 is 3.28. The largest absolute Gasteiger partial charge is 0.379 e. The van der Waals surface area contributed by atoms with Gasteiger partial charge < -0.3 is 15.4 Å². The molecule has 2 aromatic rings. The van der Waals surface area contributed by atoms with Gasteiger partial charge in [-0.2, -0.15) is 5.10 Å². The summed E-state index contributed by atoms with van der Waals surface area (Å²) in [5.41, 5.74) is 2.11. The maximum Gasteiger partial charge on any atom is 0.282 e. The SMILES string of the molecule is Cn1ncc(NCc2cccc(NC(=O)C3CCCO3)c2)c(Br)c1=O. The molecule has 2 heterocycles. The summed E-state index contributed by atoms with van der Waals surface area (Å²) in [6.07, 6.45) is 2.91. The zero-order valence-electron chi connectivity index (χ0n) is 13.8. The zero-order chi connectivity index (χ0) is 17.8. The lowest BCUT2D eigenvalue weighted by Gasteiger charge is -2.12. The Balaban J connectivity index is 1.65. The summed E-state index contributed by atoms with van der Waals surface area (Å²) in [5, 5.41) is 10.1. The molecule has 8 heteroatoms. The van der Waals surface area contributed by atoms with Crippen molar-refractivity contribution in [2.45, 2.75) is 25.5 Å². The van der Waals surface area contributed by atoms with Crippen molar-refractivity contribution in [3.63, 3.8) is 0 Å². The summed E-state index contributed by atoms with van der Waals surface area (Å²) < 4.78 is 7.09. The Morgan fingerprint density at radius 3 is 3.08 bits per heavy atom. The predicted octanol–water partition coefficient (Wildman–Crippen LogP) is 2.27. The molecular formula is C17H19BrN4O3. The van der Waals surface area contributed by atoms with E-state index in [-0.39, 0.29) is 17.6 Å². The fraction of sp³-hybridized carbons (Fsp3) is 0.353. The number of rotatable bonds is 5. The van der Waals surface area contributed by atoms with E-state index in [1.54, 1.807) is 13.2 Å². The third kappa shape index (κ3) is 4.26. The number of amides is 1. The Morgan fingerprint density at radius 2 is 2.32 bits per heavy atom. The molecule has 3 rings (SSSR count). The number of hydrogen-bond acceptors (Lipinski definition) is 5. The first-order valence-corrected chi connectivity index (χ1v) is 8.81. The van der Waals surface area contributed by atoms with Gasteiger partial charge in [-0.1, -0.05) is 12.1 Å². The first-order valence-electron chi connectivity index (χ1n) is 8.01. The minimum atomic E-state index is -0.357. The van der Waals surface area contributed by atoms with Crippen LogP contribution in [0.15, 0.2) is 39.7 Å². The second-order valence-corrected chi connectivity index (χ2v) is 6.64. The lowest BCUT2D eigenvalue weighted by Crippen LogP contribution is -2.26. The molecule has 1 amide bonds. The summed E-state index contributed by atoms with van der Waals surface area (Å²) in [7, 11) is 1.59. The minimum absolute atomic E-state index is 0.110. The van der Waals surface area contributed by atoms with Crippen molar-refractivity contribution in [1.82, 2.24) is 9.78 Å². The van der Waals surface area contributed by atoms with Crippen LogP contribution in [-0.2, 0) is 23.1 Å². The standard InChI is InChI=1S/C17H19BrN4O3/c1-22-17(24)15(18)13(10-20-22)19-9-11-4-2-5-12(8-11)21-16(23)14-6-3-7-25-14/h2,4-5,8,10,14,19H,3,6-7,9H2,1H3,(H,21,23). The molecule has 1 aliphatic rings. The molecule has 0 radical (unpaired) electrons. The highest BCUT2D eigenvalue weighted by atomic mass is 79.9. The average Bonchev–Trinajstić information content (AvgIpc) is 3.14. The minimum Gasteiger partial charge on any atom is -0.379 e. The number of benzene rings is 1. The highest BCUT2D eigenvalue weighted by molar-refractivity contribution is 9.10. The van der Waals surface area contributed by atoms with Crippen LogP contribution in [0.3, 0.4) is 0 Å². The number of carbonyl (C=O) groups is 1. The average molecular weight is 407 g/mol. The molecule has 1 atom stereocenters. The second kappa shape index (κ2) is 7.79. The van der Waals surface area contributed by atoms with Gasteiger partial charge in [-0.05, 0) is 46.5 Å². The number of hydrogen-bond donors (Lipinski definition) is 2. The van der Waals surface area contributed by atoms with Crippen molar-refractivity contribution >= 4 is 33.2 Å². The van der Waals surface area contributed by atoms with Crippen LogP contribution in [0.25, 0.3) is 0 Å². The van der Waals surface area contributed by atoms with Crippen LogP contribution in [0.4, 0.5) is 11.4 Å². The molecule has 1 saturated heterocycles. The molecule has 25 heavy (non-hydrogen) atoms. The summed E-state index contributed by atoms with van der Waals surface area (Å²) in [4.78, 5) is 24.0. The van der Waals surface area contributed by atoms with Crippen LogP contribution in [0.1, 0.15) is 18.4 Å². The molecule has 7 nitrogen and oxygen atoms in total. The fourth-order valence-electron chi connectivity index (χ4n) is 2.60. The number of ether oxygens (including phenoxy) is 1. The Labute approximate surface area is 153 Å². The van der Waals surface area contributed by atoms with Gasteiger partial charge in [-0.25, -0.2) is 4.68 Å².